The van der Waals surface area contributed by atoms with E-state index in [-0.39, 0.29) is 29.1 Å². The molecule has 5 rings (SSSR count). The van der Waals surface area contributed by atoms with E-state index in [2.05, 4.69) is 4.98 Å². The average Bonchev–Trinajstić information content (AvgIpc) is 3.49. The van der Waals surface area contributed by atoms with Crippen molar-refractivity contribution in [2.45, 2.75) is 37.9 Å². The topological polar surface area (TPSA) is 101 Å². The Balaban J connectivity index is 1.77. The van der Waals surface area contributed by atoms with Crippen molar-refractivity contribution in [1.29, 1.82) is 0 Å². The third-order valence-electron chi connectivity index (χ3n) is 5.86. The number of hydrogen-bond donors (Lipinski definition) is 2. The van der Waals surface area contributed by atoms with Gasteiger partial charge in [-0.1, -0.05) is 0 Å². The number of aromatic carboxylic acids is 1. The summed E-state index contributed by atoms with van der Waals surface area (Å²) in [5, 5.41) is 10.0. The molecule has 144 valence electrons. The van der Waals surface area contributed by atoms with E-state index in [9.17, 15) is 19.1 Å². The maximum Gasteiger partial charge on any atom is 0.341 e. The number of nitrogens with zero attached hydrogens (tertiary/aromatic N) is 3. The number of benzene rings is 1. The molecule has 1 aliphatic heterocycles. The quantitative estimate of drug-likeness (QED) is 0.674. The Morgan fingerprint density at radius 1 is 1.32 bits per heavy atom. The van der Waals surface area contributed by atoms with Gasteiger partial charge in [0.05, 0.1) is 16.6 Å². The first kappa shape index (κ1) is 17.1. The number of carboxylic acids is 1. The first-order valence-electron chi connectivity index (χ1n) is 9.30. The van der Waals surface area contributed by atoms with Crippen molar-refractivity contribution >= 4 is 33.6 Å². The molecule has 1 saturated carbocycles. The predicted molar refractivity (Wildman–Crippen MR) is 103 cm³/mol. The molecule has 1 aliphatic carbocycles. The Hall–Kier alpha value is -3.00. The third-order valence-corrected chi connectivity index (χ3v) is 5.86. The maximum absolute atomic E-state index is 14.7. The van der Waals surface area contributed by atoms with Gasteiger partial charge in [0.15, 0.2) is 0 Å². The number of anilines is 1. The first-order valence-corrected chi connectivity index (χ1v) is 9.30. The van der Waals surface area contributed by atoms with Crippen molar-refractivity contribution < 1.29 is 14.3 Å². The largest absolute Gasteiger partial charge is 0.477 e. The van der Waals surface area contributed by atoms with Crippen molar-refractivity contribution in [2.75, 3.05) is 11.4 Å². The molecule has 2 fully saturated rings. The number of carbonyl (C=O) groups is 1. The number of hydrogen-bond acceptors (Lipinski definition) is 5. The van der Waals surface area contributed by atoms with Crippen molar-refractivity contribution in [3.63, 3.8) is 0 Å². The molecule has 28 heavy (non-hydrogen) atoms. The van der Waals surface area contributed by atoms with Crippen LogP contribution in [0, 0.1) is 5.82 Å². The normalized spacial score (nSPS) is 21.9. The number of halogens is 1. The zero-order valence-electron chi connectivity index (χ0n) is 15.2. The molecule has 0 radical (unpaired) electrons. The van der Waals surface area contributed by atoms with Crippen LogP contribution in [0.4, 0.5) is 10.1 Å². The Morgan fingerprint density at radius 3 is 2.68 bits per heavy atom. The maximum atomic E-state index is 14.7. The molecule has 3 N–H and O–H groups in total. The molecule has 3 heterocycles. The monoisotopic (exact) mass is 382 g/mol. The summed E-state index contributed by atoms with van der Waals surface area (Å²) in [5.41, 5.74) is 6.49. The summed E-state index contributed by atoms with van der Waals surface area (Å²) in [4.78, 5) is 30.7. The Kier molecular flexibility index (Phi) is 3.51. The van der Waals surface area contributed by atoms with Crippen LogP contribution in [0.2, 0.25) is 0 Å². The van der Waals surface area contributed by atoms with Gasteiger partial charge < -0.3 is 20.3 Å². The lowest BCUT2D eigenvalue weighted by Gasteiger charge is -2.46. The summed E-state index contributed by atoms with van der Waals surface area (Å²) in [6.45, 7) is 2.52. The minimum absolute atomic E-state index is 0.00847. The van der Waals surface area contributed by atoms with Crippen LogP contribution in [0.25, 0.3) is 21.9 Å². The van der Waals surface area contributed by atoms with Crippen molar-refractivity contribution in [3.8, 4) is 0 Å². The molecule has 3 aromatic rings. The van der Waals surface area contributed by atoms with Crippen LogP contribution in [0.3, 0.4) is 0 Å². The smallest absolute Gasteiger partial charge is 0.341 e. The van der Waals surface area contributed by atoms with Gasteiger partial charge in [0.25, 0.3) is 0 Å². The van der Waals surface area contributed by atoms with Crippen molar-refractivity contribution in [1.82, 2.24) is 9.55 Å². The summed E-state index contributed by atoms with van der Waals surface area (Å²) >= 11 is 0. The fraction of sp³-hybridized carbons (Fsp3) is 0.350. The minimum Gasteiger partial charge on any atom is -0.477 e. The van der Waals surface area contributed by atoms with E-state index in [1.54, 1.807) is 16.7 Å². The molecule has 1 saturated heterocycles. The highest BCUT2D eigenvalue weighted by Crippen LogP contribution is 2.37. The van der Waals surface area contributed by atoms with Crippen LogP contribution in [-0.4, -0.2) is 39.3 Å². The van der Waals surface area contributed by atoms with Crippen LogP contribution < -0.4 is 16.1 Å². The van der Waals surface area contributed by atoms with Gasteiger partial charge in [-0.2, -0.15) is 0 Å². The molecular formula is C20H19FN4O3. The van der Waals surface area contributed by atoms with Crippen molar-refractivity contribution in [2.24, 2.45) is 5.73 Å². The second kappa shape index (κ2) is 5.75. The van der Waals surface area contributed by atoms with E-state index in [1.165, 1.54) is 12.3 Å². The molecule has 2 aliphatic rings. The summed E-state index contributed by atoms with van der Waals surface area (Å²) in [5.74, 6) is -1.68. The fourth-order valence-electron chi connectivity index (χ4n) is 3.90. The Morgan fingerprint density at radius 2 is 2.07 bits per heavy atom. The van der Waals surface area contributed by atoms with Crippen LogP contribution in [0.15, 0.2) is 29.2 Å². The van der Waals surface area contributed by atoms with E-state index < -0.39 is 17.2 Å². The summed E-state index contributed by atoms with van der Waals surface area (Å²) in [6, 6.07) is 4.76. The molecule has 0 amide bonds. The van der Waals surface area contributed by atoms with Gasteiger partial charge in [0, 0.05) is 36.3 Å². The Bertz CT molecular complexity index is 1220. The number of aromatic nitrogens is 2. The summed E-state index contributed by atoms with van der Waals surface area (Å²) in [7, 11) is 0. The van der Waals surface area contributed by atoms with Crippen LogP contribution in [0.5, 0.6) is 0 Å². The molecule has 2 atom stereocenters. The molecule has 7 nitrogen and oxygen atoms in total. The number of pyridine rings is 2. The van der Waals surface area contributed by atoms with Gasteiger partial charge in [-0.15, -0.1) is 0 Å². The van der Waals surface area contributed by atoms with E-state index in [1.807, 2.05) is 11.8 Å². The number of fused-ring (bicyclic) bond motifs is 2. The highest BCUT2D eigenvalue weighted by Gasteiger charge is 2.34. The lowest BCUT2D eigenvalue weighted by atomic mass is 9.97. The summed E-state index contributed by atoms with van der Waals surface area (Å²) < 4.78 is 16.5. The van der Waals surface area contributed by atoms with Crippen LogP contribution >= 0.6 is 0 Å². The molecule has 2 aromatic heterocycles. The number of nitrogens with two attached hydrogens (primary N) is 1. The lowest BCUT2D eigenvalue weighted by Crippen LogP contribution is -2.63. The standard InChI is InChI=1S/C20H19FN4O3/c1-9-15(22)8-24(9)17-6-16-10(5-14(17)21)4-12-18(26)13(20(27)28)7-25(11-2-3-11)19(12)23-16/h4-7,9,11,15H,2-3,8,22H2,1H3,(H,27,28)/t9-,15+/m0/s1. The molecule has 0 unspecified atom stereocenters. The molecule has 0 spiro atoms. The zero-order valence-corrected chi connectivity index (χ0v) is 15.2. The summed E-state index contributed by atoms with van der Waals surface area (Å²) in [6.07, 6.45) is 3.20. The van der Waals surface area contributed by atoms with Gasteiger partial charge in [-0.05, 0) is 38.0 Å². The van der Waals surface area contributed by atoms with E-state index in [4.69, 9.17) is 5.73 Å². The molecule has 1 aromatic carbocycles. The van der Waals surface area contributed by atoms with Crippen LogP contribution in [0.1, 0.15) is 36.2 Å². The zero-order chi connectivity index (χ0) is 19.7. The SMILES string of the molecule is C[C@H]1[C@H](N)CN1c1cc2nc3c(cc2cc1F)c(=O)c(C(=O)O)cn3C1CC1. The lowest BCUT2D eigenvalue weighted by molar-refractivity contribution is 0.0695. The van der Waals surface area contributed by atoms with Gasteiger partial charge in [-0.25, -0.2) is 14.2 Å². The average molecular weight is 382 g/mol. The van der Waals surface area contributed by atoms with E-state index in [0.29, 0.717) is 28.8 Å². The van der Waals surface area contributed by atoms with Crippen molar-refractivity contribution in [3.05, 3.63) is 46.0 Å². The van der Waals surface area contributed by atoms with Gasteiger partial charge in [0.1, 0.15) is 17.0 Å². The number of rotatable bonds is 3. The second-order valence-corrected chi connectivity index (χ2v) is 7.73. The minimum atomic E-state index is -1.27. The van der Waals surface area contributed by atoms with Gasteiger partial charge >= 0.3 is 5.97 Å². The van der Waals surface area contributed by atoms with Gasteiger partial charge in [0.2, 0.25) is 5.43 Å². The van der Waals surface area contributed by atoms with Crippen LogP contribution in [-0.2, 0) is 0 Å². The molecule has 8 heteroatoms. The molecule has 0 bridgehead atoms. The molecular weight excluding hydrogens is 363 g/mol. The number of carboxylic acid groups (broad SMARTS) is 1. The second-order valence-electron chi connectivity index (χ2n) is 7.73. The Labute approximate surface area is 159 Å². The highest BCUT2D eigenvalue weighted by molar-refractivity contribution is 5.97. The first-order chi connectivity index (χ1) is 13.3. The third kappa shape index (κ3) is 2.41. The van der Waals surface area contributed by atoms with E-state index >= 15 is 0 Å². The predicted octanol–water partition coefficient (Wildman–Crippen LogP) is 2.26. The van der Waals surface area contributed by atoms with Gasteiger partial charge in [-0.3, -0.25) is 4.79 Å². The highest BCUT2D eigenvalue weighted by atomic mass is 19.1. The fourth-order valence-corrected chi connectivity index (χ4v) is 3.90. The van der Waals surface area contributed by atoms with E-state index in [0.717, 1.165) is 12.8 Å².